The third-order valence-electron chi connectivity index (χ3n) is 3.31. The van der Waals surface area contributed by atoms with Gasteiger partial charge in [0, 0.05) is 12.6 Å². The second-order valence-corrected chi connectivity index (χ2v) is 4.68. The number of para-hydroxylation sites is 2. The molecule has 0 aliphatic heterocycles. The summed E-state index contributed by atoms with van der Waals surface area (Å²) in [5.74, 6) is 0. The Morgan fingerprint density at radius 3 is 2.42 bits per heavy atom. The molecule has 0 N–H and O–H groups in total. The van der Waals surface area contributed by atoms with Crippen molar-refractivity contribution in [2.45, 2.75) is 6.92 Å². The van der Waals surface area contributed by atoms with Gasteiger partial charge in [-0.05, 0) is 19.1 Å². The minimum atomic E-state index is -0.0671. The summed E-state index contributed by atoms with van der Waals surface area (Å²) in [4.78, 5) is 16.9. The molecule has 0 aliphatic carbocycles. The van der Waals surface area contributed by atoms with Crippen LogP contribution in [-0.4, -0.2) is 9.55 Å². The highest BCUT2D eigenvalue weighted by molar-refractivity contribution is 5.77. The lowest BCUT2D eigenvalue weighted by Gasteiger charge is -2.08. The number of aryl methyl sites for hydroxylation is 2. The molecule has 19 heavy (non-hydrogen) atoms. The molecule has 3 nitrogen and oxygen atoms in total. The van der Waals surface area contributed by atoms with Crippen LogP contribution in [-0.2, 0) is 7.05 Å². The molecule has 0 unspecified atom stereocenters. The van der Waals surface area contributed by atoms with Gasteiger partial charge in [0.05, 0.1) is 11.0 Å². The van der Waals surface area contributed by atoms with Crippen LogP contribution in [0, 0.1) is 6.92 Å². The van der Waals surface area contributed by atoms with Crippen molar-refractivity contribution in [3.63, 3.8) is 0 Å². The van der Waals surface area contributed by atoms with Crippen molar-refractivity contribution in [2.75, 3.05) is 0 Å². The van der Waals surface area contributed by atoms with E-state index < -0.39 is 0 Å². The molecular formula is C16H14N2O. The molecule has 0 radical (unpaired) electrons. The maximum absolute atomic E-state index is 12.4. The van der Waals surface area contributed by atoms with Crippen molar-refractivity contribution < 1.29 is 0 Å². The molecule has 0 amide bonds. The van der Waals surface area contributed by atoms with Crippen LogP contribution in [0.25, 0.3) is 22.3 Å². The van der Waals surface area contributed by atoms with Gasteiger partial charge in [-0.25, -0.2) is 4.98 Å². The Labute approximate surface area is 111 Å². The molecule has 0 fully saturated rings. The summed E-state index contributed by atoms with van der Waals surface area (Å²) in [6, 6.07) is 15.5. The maximum Gasteiger partial charge on any atom is 0.277 e. The Hall–Kier alpha value is -2.42. The van der Waals surface area contributed by atoms with Crippen molar-refractivity contribution in [1.82, 2.24) is 9.55 Å². The van der Waals surface area contributed by atoms with Crippen LogP contribution in [0.5, 0.6) is 0 Å². The van der Waals surface area contributed by atoms with Crippen molar-refractivity contribution >= 4 is 11.0 Å². The Balaban J connectivity index is 2.33. The molecule has 3 aromatic rings. The van der Waals surface area contributed by atoms with Crippen molar-refractivity contribution in [1.29, 1.82) is 0 Å². The van der Waals surface area contributed by atoms with E-state index in [9.17, 15) is 4.79 Å². The van der Waals surface area contributed by atoms with Gasteiger partial charge in [0.1, 0.15) is 5.69 Å². The summed E-state index contributed by atoms with van der Waals surface area (Å²) >= 11 is 0. The topological polar surface area (TPSA) is 34.9 Å². The highest BCUT2D eigenvalue weighted by Gasteiger charge is 2.09. The zero-order valence-corrected chi connectivity index (χ0v) is 10.9. The van der Waals surface area contributed by atoms with Crippen molar-refractivity contribution in [2.24, 2.45) is 7.05 Å². The fourth-order valence-corrected chi connectivity index (χ4v) is 2.18. The molecule has 0 spiro atoms. The lowest BCUT2D eigenvalue weighted by Crippen LogP contribution is -2.20. The predicted molar refractivity (Wildman–Crippen MR) is 77.2 cm³/mol. The van der Waals surface area contributed by atoms with E-state index in [1.807, 2.05) is 55.5 Å². The molecule has 1 aromatic heterocycles. The Morgan fingerprint density at radius 1 is 1.00 bits per heavy atom. The molecule has 1 heterocycles. The van der Waals surface area contributed by atoms with E-state index in [1.165, 1.54) is 5.56 Å². The fourth-order valence-electron chi connectivity index (χ4n) is 2.18. The van der Waals surface area contributed by atoms with Crippen LogP contribution in [0.3, 0.4) is 0 Å². The van der Waals surface area contributed by atoms with Gasteiger partial charge in [-0.1, -0.05) is 42.0 Å². The van der Waals surface area contributed by atoms with Crippen LogP contribution in [0.1, 0.15) is 5.56 Å². The second-order valence-electron chi connectivity index (χ2n) is 4.68. The van der Waals surface area contributed by atoms with Gasteiger partial charge in [-0.15, -0.1) is 0 Å². The Kier molecular flexibility index (Phi) is 2.67. The first-order chi connectivity index (χ1) is 9.16. The van der Waals surface area contributed by atoms with E-state index in [4.69, 9.17) is 0 Å². The van der Waals surface area contributed by atoms with E-state index in [1.54, 1.807) is 11.6 Å². The van der Waals surface area contributed by atoms with Gasteiger partial charge in [-0.2, -0.15) is 0 Å². The molecular weight excluding hydrogens is 236 g/mol. The molecule has 0 atom stereocenters. The number of hydrogen-bond acceptors (Lipinski definition) is 2. The van der Waals surface area contributed by atoms with Gasteiger partial charge in [0.25, 0.3) is 5.56 Å². The first-order valence-corrected chi connectivity index (χ1v) is 6.19. The van der Waals surface area contributed by atoms with Crippen LogP contribution in [0.2, 0.25) is 0 Å². The largest absolute Gasteiger partial charge is 0.308 e. The average Bonchev–Trinajstić information content (AvgIpc) is 2.44. The number of rotatable bonds is 1. The summed E-state index contributed by atoms with van der Waals surface area (Å²) in [7, 11) is 1.78. The summed E-state index contributed by atoms with van der Waals surface area (Å²) in [6.45, 7) is 2.02. The molecule has 94 valence electrons. The van der Waals surface area contributed by atoms with Crippen LogP contribution in [0.4, 0.5) is 0 Å². The minimum absolute atomic E-state index is 0.0671. The van der Waals surface area contributed by atoms with E-state index >= 15 is 0 Å². The summed E-state index contributed by atoms with van der Waals surface area (Å²) in [5, 5.41) is 0. The van der Waals surface area contributed by atoms with Crippen molar-refractivity contribution in [3.8, 4) is 11.3 Å². The molecule has 3 rings (SSSR count). The lowest BCUT2D eigenvalue weighted by atomic mass is 10.1. The quantitative estimate of drug-likeness (QED) is 0.665. The summed E-state index contributed by atoms with van der Waals surface area (Å²) < 4.78 is 1.65. The predicted octanol–water partition coefficient (Wildman–Crippen LogP) is 2.91. The van der Waals surface area contributed by atoms with Gasteiger partial charge in [0.2, 0.25) is 0 Å². The Morgan fingerprint density at radius 2 is 1.68 bits per heavy atom. The van der Waals surface area contributed by atoms with Crippen LogP contribution in [0.15, 0.2) is 53.3 Å². The average molecular weight is 250 g/mol. The minimum Gasteiger partial charge on any atom is -0.308 e. The SMILES string of the molecule is Cc1ccc(-c2nc3ccccc3n(C)c2=O)cc1. The first-order valence-electron chi connectivity index (χ1n) is 6.19. The number of hydrogen-bond donors (Lipinski definition) is 0. The van der Waals surface area contributed by atoms with Gasteiger partial charge >= 0.3 is 0 Å². The lowest BCUT2D eigenvalue weighted by molar-refractivity contribution is 0.895. The molecule has 3 heteroatoms. The normalized spacial score (nSPS) is 10.8. The van der Waals surface area contributed by atoms with Crippen LogP contribution >= 0.6 is 0 Å². The maximum atomic E-state index is 12.4. The number of fused-ring (bicyclic) bond motifs is 1. The number of aromatic nitrogens is 2. The van der Waals surface area contributed by atoms with Gasteiger partial charge in [-0.3, -0.25) is 4.79 Å². The molecule has 0 aliphatic rings. The number of nitrogens with zero attached hydrogens (tertiary/aromatic N) is 2. The Bertz CT molecular complexity index is 801. The monoisotopic (exact) mass is 250 g/mol. The fraction of sp³-hybridized carbons (Fsp3) is 0.125. The van der Waals surface area contributed by atoms with E-state index in [0.717, 1.165) is 16.6 Å². The standard InChI is InChI=1S/C16H14N2O/c1-11-7-9-12(10-8-11)15-16(19)18(2)14-6-4-3-5-13(14)17-15/h3-10H,1-2H3. The highest BCUT2D eigenvalue weighted by Crippen LogP contribution is 2.17. The summed E-state index contributed by atoms with van der Waals surface area (Å²) in [6.07, 6.45) is 0. The zero-order chi connectivity index (χ0) is 13.4. The van der Waals surface area contributed by atoms with E-state index in [0.29, 0.717) is 5.69 Å². The van der Waals surface area contributed by atoms with Crippen molar-refractivity contribution in [3.05, 3.63) is 64.4 Å². The van der Waals surface area contributed by atoms with Gasteiger partial charge in [0.15, 0.2) is 0 Å². The smallest absolute Gasteiger partial charge is 0.277 e. The van der Waals surface area contributed by atoms with E-state index in [-0.39, 0.29) is 5.56 Å². The number of benzene rings is 2. The summed E-state index contributed by atoms with van der Waals surface area (Å²) in [5.41, 5.74) is 4.14. The molecule has 0 bridgehead atoms. The first kappa shape index (κ1) is 11.7. The second kappa shape index (κ2) is 4.35. The third kappa shape index (κ3) is 1.93. The van der Waals surface area contributed by atoms with Gasteiger partial charge < -0.3 is 4.57 Å². The third-order valence-corrected chi connectivity index (χ3v) is 3.31. The molecule has 2 aromatic carbocycles. The molecule has 0 saturated heterocycles. The molecule has 0 saturated carbocycles. The zero-order valence-electron chi connectivity index (χ0n) is 10.9. The van der Waals surface area contributed by atoms with E-state index in [2.05, 4.69) is 4.98 Å². The van der Waals surface area contributed by atoms with Crippen LogP contribution < -0.4 is 5.56 Å². The highest BCUT2D eigenvalue weighted by atomic mass is 16.1.